The maximum absolute atomic E-state index is 5.85. The lowest BCUT2D eigenvalue weighted by atomic mass is 10.1. The quantitative estimate of drug-likeness (QED) is 0.744. The lowest BCUT2D eigenvalue weighted by Gasteiger charge is -2.29. The van der Waals surface area contributed by atoms with E-state index in [4.69, 9.17) is 9.57 Å². The van der Waals surface area contributed by atoms with Gasteiger partial charge in [0, 0.05) is 12.5 Å². The summed E-state index contributed by atoms with van der Waals surface area (Å²) in [5.41, 5.74) is 0.817. The first kappa shape index (κ1) is 10.7. The number of fused-ring (bicyclic) bond motifs is 1. The molecular weight excluding hydrogens is 216 g/mol. The number of hydrogen-bond donors (Lipinski definition) is 0. The molecule has 1 aromatic rings. The maximum atomic E-state index is 5.85. The Labute approximate surface area is 101 Å². The molecule has 4 heteroatoms. The summed E-state index contributed by atoms with van der Waals surface area (Å²) in [6, 6.07) is 9.88. The van der Waals surface area contributed by atoms with E-state index >= 15 is 0 Å². The van der Waals surface area contributed by atoms with Crippen LogP contribution in [0.15, 0.2) is 35.3 Å². The molecule has 1 aromatic carbocycles. The molecule has 0 bridgehead atoms. The molecule has 2 aliphatic heterocycles. The highest BCUT2D eigenvalue weighted by Gasteiger charge is 2.55. The molecule has 4 nitrogen and oxygen atoms in total. The topological polar surface area (TPSA) is 34.1 Å². The van der Waals surface area contributed by atoms with Gasteiger partial charge in [-0.05, 0) is 26.0 Å². The minimum Gasteiger partial charge on any atom is -0.380 e. The van der Waals surface area contributed by atoms with Gasteiger partial charge >= 0.3 is 0 Å². The van der Waals surface area contributed by atoms with Crippen LogP contribution in [-0.2, 0) is 9.57 Å². The molecule has 1 saturated heterocycles. The Morgan fingerprint density at radius 1 is 1.18 bits per heavy atom. The molecule has 0 aromatic heterocycles. The van der Waals surface area contributed by atoms with Gasteiger partial charge in [-0.15, -0.1) is 0 Å². The first-order chi connectivity index (χ1) is 8.01. The fourth-order valence-corrected chi connectivity index (χ4v) is 2.27. The second-order valence-electron chi connectivity index (χ2n) is 5.20. The number of aliphatic imine (C=N–C) groups is 1. The third-order valence-electron chi connectivity index (χ3n) is 3.13. The summed E-state index contributed by atoms with van der Waals surface area (Å²) in [6.45, 7) is 6.72. The summed E-state index contributed by atoms with van der Waals surface area (Å²) in [6.07, 6.45) is 0. The van der Waals surface area contributed by atoms with Crippen molar-refractivity contribution in [2.75, 3.05) is 6.61 Å². The largest absolute Gasteiger partial charge is 0.380 e. The Balaban J connectivity index is 1.96. The predicted molar refractivity (Wildman–Crippen MR) is 64.3 cm³/mol. The van der Waals surface area contributed by atoms with Gasteiger partial charge in [-0.3, -0.25) is 0 Å². The van der Waals surface area contributed by atoms with Crippen molar-refractivity contribution in [2.45, 2.75) is 32.2 Å². The van der Waals surface area contributed by atoms with Crippen LogP contribution in [0.5, 0.6) is 0 Å². The molecule has 0 spiro atoms. The van der Waals surface area contributed by atoms with Crippen molar-refractivity contribution in [1.29, 1.82) is 0 Å². The summed E-state index contributed by atoms with van der Waals surface area (Å²) in [7, 11) is 0. The smallest absolute Gasteiger partial charge is 0.250 e. The predicted octanol–water partition coefficient (Wildman–Crippen LogP) is 2.16. The number of hydroxylamine groups is 2. The molecule has 2 aliphatic rings. The number of hydrogen-bond acceptors (Lipinski definition) is 4. The highest BCUT2D eigenvalue weighted by Crippen LogP contribution is 2.40. The van der Waals surface area contributed by atoms with Crippen LogP contribution in [0.2, 0.25) is 0 Å². The third kappa shape index (κ3) is 1.56. The van der Waals surface area contributed by atoms with Crippen molar-refractivity contribution in [3.8, 4) is 0 Å². The summed E-state index contributed by atoms with van der Waals surface area (Å²) in [4.78, 5) is 10.4. The second-order valence-corrected chi connectivity index (χ2v) is 5.20. The molecule has 0 aliphatic carbocycles. The molecule has 1 atom stereocenters. The normalized spacial score (nSPS) is 30.9. The van der Waals surface area contributed by atoms with Crippen molar-refractivity contribution in [1.82, 2.24) is 5.06 Å². The van der Waals surface area contributed by atoms with E-state index in [-0.39, 0.29) is 5.54 Å². The van der Waals surface area contributed by atoms with Crippen LogP contribution in [0.4, 0.5) is 0 Å². The molecule has 2 heterocycles. The Hall–Kier alpha value is -1.39. The van der Waals surface area contributed by atoms with E-state index in [1.807, 2.05) is 42.3 Å². The molecule has 1 fully saturated rings. The van der Waals surface area contributed by atoms with E-state index in [9.17, 15) is 0 Å². The number of ether oxygens (including phenoxy) is 1. The fraction of sp³-hybridized carbons (Fsp3) is 0.462. The van der Waals surface area contributed by atoms with Crippen molar-refractivity contribution in [3.05, 3.63) is 35.9 Å². The third-order valence-corrected chi connectivity index (χ3v) is 3.13. The van der Waals surface area contributed by atoms with Gasteiger partial charge in [0.1, 0.15) is 0 Å². The SMILES string of the molecule is CC1(C)COC2(C)N=C(c3ccccc3)ON12. The van der Waals surface area contributed by atoms with E-state index in [0.29, 0.717) is 12.5 Å². The maximum Gasteiger partial charge on any atom is 0.250 e. The van der Waals surface area contributed by atoms with Crippen LogP contribution in [0.25, 0.3) is 0 Å². The highest BCUT2D eigenvalue weighted by molar-refractivity contribution is 5.95. The van der Waals surface area contributed by atoms with Gasteiger partial charge in [0.2, 0.25) is 5.90 Å². The molecule has 3 rings (SSSR count). The van der Waals surface area contributed by atoms with Gasteiger partial charge in [-0.2, -0.15) is 4.99 Å². The second kappa shape index (κ2) is 3.31. The van der Waals surface area contributed by atoms with E-state index < -0.39 is 5.85 Å². The zero-order chi connectivity index (χ0) is 12.1. The van der Waals surface area contributed by atoms with Gasteiger partial charge in [0.25, 0.3) is 5.85 Å². The Morgan fingerprint density at radius 2 is 1.88 bits per heavy atom. The summed E-state index contributed by atoms with van der Waals surface area (Å²) in [5, 5.41) is 1.84. The van der Waals surface area contributed by atoms with Gasteiger partial charge in [0.15, 0.2) is 0 Å². The molecular formula is C13H16N2O2. The monoisotopic (exact) mass is 232 g/mol. The number of nitrogens with zero attached hydrogens (tertiary/aromatic N) is 2. The van der Waals surface area contributed by atoms with Crippen LogP contribution in [0.1, 0.15) is 26.3 Å². The highest BCUT2D eigenvalue weighted by atomic mass is 16.8. The van der Waals surface area contributed by atoms with E-state index in [0.717, 1.165) is 5.56 Å². The average Bonchev–Trinajstić information content (AvgIpc) is 2.77. The Bertz CT molecular complexity index is 470. The fourth-order valence-electron chi connectivity index (χ4n) is 2.27. The Morgan fingerprint density at radius 3 is 2.53 bits per heavy atom. The minimum absolute atomic E-state index is 0.158. The Kier molecular flexibility index (Phi) is 2.09. The van der Waals surface area contributed by atoms with Gasteiger partial charge < -0.3 is 9.57 Å². The van der Waals surface area contributed by atoms with E-state index in [1.54, 1.807) is 0 Å². The standard InChI is InChI=1S/C13H16N2O2/c1-12(2)9-16-13(3)14-11(17-15(12)13)10-7-5-4-6-8-10/h4-8H,9H2,1-3H3. The van der Waals surface area contributed by atoms with E-state index in [1.165, 1.54) is 0 Å². The van der Waals surface area contributed by atoms with Gasteiger partial charge in [0.05, 0.1) is 12.1 Å². The van der Waals surface area contributed by atoms with Crippen LogP contribution < -0.4 is 0 Å². The lowest BCUT2D eigenvalue weighted by Crippen LogP contribution is -2.46. The summed E-state index contributed by atoms with van der Waals surface area (Å²) in [5.74, 6) is -0.0600. The summed E-state index contributed by atoms with van der Waals surface area (Å²) < 4.78 is 5.74. The van der Waals surface area contributed by atoms with Crippen LogP contribution in [0.3, 0.4) is 0 Å². The molecule has 0 radical (unpaired) electrons. The summed E-state index contributed by atoms with van der Waals surface area (Å²) >= 11 is 0. The van der Waals surface area contributed by atoms with Gasteiger partial charge in [-0.1, -0.05) is 23.3 Å². The average molecular weight is 232 g/mol. The molecule has 90 valence electrons. The zero-order valence-corrected chi connectivity index (χ0v) is 10.3. The molecule has 0 amide bonds. The van der Waals surface area contributed by atoms with Crippen LogP contribution in [0, 0.1) is 0 Å². The van der Waals surface area contributed by atoms with Crippen LogP contribution in [-0.4, -0.2) is 29.0 Å². The number of rotatable bonds is 1. The van der Waals surface area contributed by atoms with Crippen molar-refractivity contribution >= 4 is 5.90 Å². The first-order valence-electron chi connectivity index (χ1n) is 5.79. The molecule has 17 heavy (non-hydrogen) atoms. The first-order valence-corrected chi connectivity index (χ1v) is 5.79. The van der Waals surface area contributed by atoms with Crippen molar-refractivity contribution in [2.24, 2.45) is 4.99 Å². The zero-order valence-electron chi connectivity index (χ0n) is 10.3. The van der Waals surface area contributed by atoms with Crippen molar-refractivity contribution in [3.63, 3.8) is 0 Å². The number of benzene rings is 1. The van der Waals surface area contributed by atoms with E-state index in [2.05, 4.69) is 18.8 Å². The van der Waals surface area contributed by atoms with Crippen molar-refractivity contribution < 1.29 is 9.57 Å². The molecule has 0 N–H and O–H groups in total. The molecule has 1 unspecified atom stereocenters. The van der Waals surface area contributed by atoms with Crippen LogP contribution >= 0.6 is 0 Å². The minimum atomic E-state index is -0.686. The molecule has 0 saturated carbocycles. The van der Waals surface area contributed by atoms with Gasteiger partial charge in [-0.25, -0.2) is 0 Å². The lowest BCUT2D eigenvalue weighted by molar-refractivity contribution is -0.199.